The third-order valence-corrected chi connectivity index (χ3v) is 11.8. The number of rotatable bonds is 9. The van der Waals surface area contributed by atoms with Crippen molar-refractivity contribution in [2.45, 2.75) is 32.7 Å². The molecule has 3 atom stereocenters. The van der Waals surface area contributed by atoms with Gasteiger partial charge in [-0.25, -0.2) is 0 Å². The maximum Gasteiger partial charge on any atom is 0.170 e. The molecule has 0 aromatic heterocycles. The molecule has 1 saturated heterocycles. The van der Waals surface area contributed by atoms with Gasteiger partial charge in [0.25, 0.3) is 0 Å². The van der Waals surface area contributed by atoms with E-state index < -0.39 is 13.0 Å². The van der Waals surface area contributed by atoms with Crippen LogP contribution in [-0.4, -0.2) is 38.4 Å². The maximum absolute atomic E-state index is 6.16. The highest BCUT2D eigenvalue weighted by molar-refractivity contribution is 7.95. The fourth-order valence-electron chi connectivity index (χ4n) is 5.37. The zero-order chi connectivity index (χ0) is 23.3. The summed E-state index contributed by atoms with van der Waals surface area (Å²) in [5, 5.41) is 4.20. The van der Waals surface area contributed by atoms with E-state index in [2.05, 4.69) is 112 Å². The van der Waals surface area contributed by atoms with Crippen molar-refractivity contribution in [3.63, 3.8) is 0 Å². The lowest BCUT2D eigenvalue weighted by Gasteiger charge is -2.39. The van der Waals surface area contributed by atoms with Gasteiger partial charge in [0, 0.05) is 18.9 Å². The van der Waals surface area contributed by atoms with Crippen molar-refractivity contribution in [1.29, 1.82) is 0 Å². The average Bonchev–Trinajstić information content (AvgIpc) is 3.32. The molecule has 0 aliphatic carbocycles. The molecule has 174 valence electrons. The zero-order valence-corrected chi connectivity index (χ0v) is 21.1. The van der Waals surface area contributed by atoms with Gasteiger partial charge in [-0.3, -0.25) is 0 Å². The standard InChI is InChI=1S/C29H36O3P/c1-23(28(30-4)24(2)29(3)31-20-21-32-29)22-33(25-14-8-5-9-15-25,26-16-10-6-11-17-26)27-18-12-7-13-19-27/h5-19,23-24,28H,20-22H2,1-4H3/q+1/t23-,24-,28+/m1/s1. The first-order chi connectivity index (χ1) is 16.0. The van der Waals surface area contributed by atoms with Crippen LogP contribution >= 0.6 is 7.26 Å². The fourth-order valence-corrected chi connectivity index (χ4v) is 10.0. The van der Waals surface area contributed by atoms with Gasteiger partial charge in [0.1, 0.15) is 23.2 Å². The summed E-state index contributed by atoms with van der Waals surface area (Å²) in [6, 6.07) is 33.1. The van der Waals surface area contributed by atoms with Crippen molar-refractivity contribution >= 4 is 23.2 Å². The second kappa shape index (κ2) is 10.5. The van der Waals surface area contributed by atoms with E-state index in [1.165, 1.54) is 15.9 Å². The topological polar surface area (TPSA) is 27.7 Å². The minimum absolute atomic E-state index is 0.00334. The molecule has 33 heavy (non-hydrogen) atoms. The monoisotopic (exact) mass is 463 g/mol. The van der Waals surface area contributed by atoms with Gasteiger partial charge in [-0.05, 0) is 43.3 Å². The summed E-state index contributed by atoms with van der Waals surface area (Å²) >= 11 is 0. The SMILES string of the molecule is CO[C@@H]([C@H](C)C[P+](c1ccccc1)(c1ccccc1)c1ccccc1)[C@@H](C)C1(C)OCCO1. The molecule has 1 aliphatic heterocycles. The summed E-state index contributed by atoms with van der Waals surface area (Å²) in [5.74, 6) is -0.227. The van der Waals surface area contributed by atoms with Crippen LogP contribution in [0.4, 0.5) is 0 Å². The Labute approximate surface area is 199 Å². The first kappa shape index (κ1) is 24.1. The van der Waals surface area contributed by atoms with Crippen molar-refractivity contribution in [2.75, 3.05) is 26.5 Å². The molecule has 0 radical (unpaired) electrons. The van der Waals surface area contributed by atoms with Crippen LogP contribution in [0.2, 0.25) is 0 Å². The number of ether oxygens (including phenoxy) is 3. The second-order valence-electron chi connectivity index (χ2n) is 9.18. The van der Waals surface area contributed by atoms with Gasteiger partial charge in [0.2, 0.25) is 0 Å². The van der Waals surface area contributed by atoms with Crippen molar-refractivity contribution in [1.82, 2.24) is 0 Å². The van der Waals surface area contributed by atoms with Crippen LogP contribution < -0.4 is 15.9 Å². The smallest absolute Gasteiger partial charge is 0.170 e. The lowest BCUT2D eigenvalue weighted by atomic mass is 9.88. The minimum atomic E-state index is -1.93. The lowest BCUT2D eigenvalue weighted by molar-refractivity contribution is -0.207. The molecule has 1 aliphatic rings. The summed E-state index contributed by atoms with van der Waals surface area (Å²) in [5.41, 5.74) is 0. The van der Waals surface area contributed by atoms with E-state index >= 15 is 0 Å². The van der Waals surface area contributed by atoms with Crippen molar-refractivity contribution in [3.8, 4) is 0 Å². The first-order valence-corrected chi connectivity index (χ1v) is 13.8. The van der Waals surface area contributed by atoms with Gasteiger partial charge in [0.15, 0.2) is 5.79 Å². The molecular formula is C29H36O3P+. The highest BCUT2D eigenvalue weighted by Crippen LogP contribution is 2.57. The molecule has 3 aromatic carbocycles. The molecule has 0 bridgehead atoms. The summed E-state index contributed by atoms with van der Waals surface area (Å²) in [6.45, 7) is 7.86. The molecule has 4 heteroatoms. The molecule has 0 N–H and O–H groups in total. The quantitative estimate of drug-likeness (QED) is 0.417. The van der Waals surface area contributed by atoms with E-state index in [0.717, 1.165) is 6.16 Å². The van der Waals surface area contributed by atoms with Crippen molar-refractivity contribution < 1.29 is 14.2 Å². The summed E-state index contributed by atoms with van der Waals surface area (Å²) in [6.07, 6.45) is 1.01. The summed E-state index contributed by atoms with van der Waals surface area (Å²) in [4.78, 5) is 0. The normalized spacial score (nSPS) is 18.5. The predicted octanol–water partition coefficient (Wildman–Crippen LogP) is 5.03. The minimum Gasteiger partial charge on any atom is -0.381 e. The van der Waals surface area contributed by atoms with Crippen LogP contribution in [0, 0.1) is 11.8 Å². The Morgan fingerprint density at radius 1 is 0.758 bits per heavy atom. The Morgan fingerprint density at radius 3 is 1.52 bits per heavy atom. The predicted molar refractivity (Wildman–Crippen MR) is 139 cm³/mol. The van der Waals surface area contributed by atoms with Crippen molar-refractivity contribution in [3.05, 3.63) is 91.0 Å². The maximum atomic E-state index is 6.16. The van der Waals surface area contributed by atoms with Gasteiger partial charge in [-0.15, -0.1) is 0 Å². The molecule has 3 aromatic rings. The van der Waals surface area contributed by atoms with E-state index in [9.17, 15) is 0 Å². The molecule has 1 heterocycles. The van der Waals surface area contributed by atoms with Crippen molar-refractivity contribution in [2.24, 2.45) is 11.8 Å². The van der Waals surface area contributed by atoms with E-state index in [0.29, 0.717) is 13.2 Å². The lowest BCUT2D eigenvalue weighted by Crippen LogP contribution is -2.46. The van der Waals surface area contributed by atoms with Gasteiger partial charge in [-0.1, -0.05) is 68.4 Å². The van der Waals surface area contributed by atoms with Gasteiger partial charge in [-0.2, -0.15) is 0 Å². The molecule has 1 fully saturated rings. The zero-order valence-electron chi connectivity index (χ0n) is 20.2. The number of hydrogen-bond donors (Lipinski definition) is 0. The Hall–Kier alpha value is -2.03. The molecular weight excluding hydrogens is 427 g/mol. The first-order valence-electron chi connectivity index (χ1n) is 11.9. The summed E-state index contributed by atoms with van der Waals surface area (Å²) < 4.78 is 18.2. The van der Waals surface area contributed by atoms with E-state index in [-0.39, 0.29) is 17.9 Å². The molecule has 0 unspecified atom stereocenters. The third kappa shape index (κ3) is 4.79. The number of benzene rings is 3. The van der Waals surface area contributed by atoms with Crippen LogP contribution in [0.3, 0.4) is 0 Å². The molecule has 3 nitrogen and oxygen atoms in total. The molecule has 0 spiro atoms. The van der Waals surface area contributed by atoms with Gasteiger partial charge < -0.3 is 14.2 Å². The van der Waals surface area contributed by atoms with Gasteiger partial charge in [0.05, 0.1) is 25.5 Å². The number of hydrogen-bond acceptors (Lipinski definition) is 3. The van der Waals surface area contributed by atoms with Crippen LogP contribution in [-0.2, 0) is 14.2 Å². The highest BCUT2D eigenvalue weighted by atomic mass is 31.2. The second-order valence-corrected chi connectivity index (χ2v) is 12.7. The van der Waals surface area contributed by atoms with Crippen LogP contribution in [0.15, 0.2) is 91.0 Å². The highest BCUT2D eigenvalue weighted by Gasteiger charge is 2.50. The fraction of sp³-hybridized carbons (Fsp3) is 0.379. The van der Waals surface area contributed by atoms with Crippen LogP contribution in [0.25, 0.3) is 0 Å². The van der Waals surface area contributed by atoms with Crippen LogP contribution in [0.5, 0.6) is 0 Å². The number of methoxy groups -OCH3 is 1. The molecule has 0 saturated carbocycles. The molecule has 4 rings (SSSR count). The summed E-state index contributed by atoms with van der Waals surface area (Å²) in [7, 11) is -0.108. The Morgan fingerprint density at radius 2 is 1.15 bits per heavy atom. The van der Waals surface area contributed by atoms with E-state index in [1.807, 2.05) is 7.11 Å². The van der Waals surface area contributed by atoms with E-state index in [1.54, 1.807) is 0 Å². The third-order valence-electron chi connectivity index (χ3n) is 7.17. The average molecular weight is 464 g/mol. The Balaban J connectivity index is 1.81. The van der Waals surface area contributed by atoms with Crippen LogP contribution in [0.1, 0.15) is 20.8 Å². The Kier molecular flexibility index (Phi) is 7.66. The Bertz CT molecular complexity index is 890. The van der Waals surface area contributed by atoms with Gasteiger partial charge >= 0.3 is 0 Å². The molecule has 0 amide bonds. The van der Waals surface area contributed by atoms with E-state index in [4.69, 9.17) is 14.2 Å². The largest absolute Gasteiger partial charge is 0.381 e.